The fourth-order valence-electron chi connectivity index (χ4n) is 1.93. The number of nitrogens with zero attached hydrogens (tertiary/aromatic N) is 3. The fourth-order valence-corrected chi connectivity index (χ4v) is 1.93. The van der Waals surface area contributed by atoms with Gasteiger partial charge >= 0.3 is 0 Å². The van der Waals surface area contributed by atoms with Crippen LogP contribution in [-0.2, 0) is 0 Å². The monoisotopic (exact) mass is 349 g/mol. The molecule has 0 aliphatic carbocycles. The van der Waals surface area contributed by atoms with Gasteiger partial charge in [-0.2, -0.15) is 5.10 Å². The van der Waals surface area contributed by atoms with Gasteiger partial charge in [-0.3, -0.25) is 9.78 Å². The molecule has 1 amide bonds. The number of hydrogen-bond donors (Lipinski definition) is 6. The maximum absolute atomic E-state index is 11.9. The Hall–Kier alpha value is -2.66. The van der Waals surface area contributed by atoms with Gasteiger partial charge in [-0.25, -0.2) is 10.4 Å². The molecule has 0 spiro atoms. The summed E-state index contributed by atoms with van der Waals surface area (Å²) in [5, 5.41) is 41.7. The third-order valence-electron chi connectivity index (χ3n) is 3.43. The fraction of sp³-hybridized carbons (Fsp3) is 0.333. The van der Waals surface area contributed by atoms with Crippen molar-refractivity contribution in [2.75, 3.05) is 6.61 Å². The van der Waals surface area contributed by atoms with Crippen LogP contribution in [0.2, 0.25) is 0 Å². The second-order valence-corrected chi connectivity index (χ2v) is 5.25. The van der Waals surface area contributed by atoms with Crippen molar-refractivity contribution in [2.24, 2.45) is 5.10 Å². The molecule has 6 N–H and O–H groups in total. The minimum absolute atomic E-state index is 0.130. The SMILES string of the molecule is CC(=NNC(=O)c1ccncc1)c1ncc([C@@H](O)[C@H](O)[C@H](O)CO)[nH]1. The van der Waals surface area contributed by atoms with Crippen molar-refractivity contribution < 1.29 is 25.2 Å². The molecule has 0 aliphatic heterocycles. The molecule has 10 heteroatoms. The summed E-state index contributed by atoms with van der Waals surface area (Å²) in [5.41, 5.74) is 3.22. The van der Waals surface area contributed by atoms with Crippen LogP contribution in [-0.4, -0.2) is 65.8 Å². The molecular weight excluding hydrogens is 330 g/mol. The van der Waals surface area contributed by atoms with Crippen molar-refractivity contribution >= 4 is 11.6 Å². The average molecular weight is 349 g/mol. The maximum atomic E-state index is 11.9. The van der Waals surface area contributed by atoms with Crippen molar-refractivity contribution in [1.82, 2.24) is 20.4 Å². The van der Waals surface area contributed by atoms with Gasteiger partial charge in [0.1, 0.15) is 24.0 Å². The van der Waals surface area contributed by atoms with Crippen LogP contribution in [0.3, 0.4) is 0 Å². The minimum atomic E-state index is -1.58. The second kappa shape index (κ2) is 8.44. The van der Waals surface area contributed by atoms with Crippen molar-refractivity contribution in [3.8, 4) is 0 Å². The standard InChI is InChI=1S/C15H19N5O5/c1-8(19-20-15(25)9-2-4-16-5-3-9)14-17-6-10(18-14)12(23)13(24)11(22)7-21/h2-6,11-13,21-24H,7H2,1H3,(H,17,18)(H,20,25)/t11-,12-,13-/m1/s1. The molecule has 0 aromatic carbocycles. The Bertz CT molecular complexity index is 733. The number of carbonyl (C=O) groups is 1. The summed E-state index contributed by atoms with van der Waals surface area (Å²) in [5.74, 6) is -0.162. The van der Waals surface area contributed by atoms with E-state index in [2.05, 4.69) is 25.5 Å². The molecule has 0 saturated carbocycles. The number of aliphatic hydroxyl groups excluding tert-OH is 4. The molecule has 2 aromatic heterocycles. The first-order chi connectivity index (χ1) is 11.9. The van der Waals surface area contributed by atoms with Gasteiger partial charge in [-0.15, -0.1) is 0 Å². The van der Waals surface area contributed by atoms with Gasteiger partial charge in [0.2, 0.25) is 0 Å². The number of aromatic amines is 1. The number of aliphatic hydroxyl groups is 4. The van der Waals surface area contributed by atoms with Crippen LogP contribution in [0.5, 0.6) is 0 Å². The summed E-state index contributed by atoms with van der Waals surface area (Å²) < 4.78 is 0. The zero-order valence-corrected chi connectivity index (χ0v) is 13.4. The molecular formula is C15H19N5O5. The average Bonchev–Trinajstić information content (AvgIpc) is 3.14. The summed E-state index contributed by atoms with van der Waals surface area (Å²) in [4.78, 5) is 22.4. The molecule has 0 fully saturated rings. The van der Waals surface area contributed by atoms with E-state index in [1.165, 1.54) is 30.7 Å². The summed E-state index contributed by atoms with van der Waals surface area (Å²) in [6, 6.07) is 3.07. The van der Waals surface area contributed by atoms with Crippen LogP contribution >= 0.6 is 0 Å². The van der Waals surface area contributed by atoms with E-state index >= 15 is 0 Å². The number of H-pyrrole nitrogens is 1. The van der Waals surface area contributed by atoms with E-state index in [1.54, 1.807) is 6.92 Å². The van der Waals surface area contributed by atoms with Crippen molar-refractivity contribution in [2.45, 2.75) is 25.2 Å². The van der Waals surface area contributed by atoms with Gasteiger partial charge in [0.25, 0.3) is 5.91 Å². The van der Waals surface area contributed by atoms with E-state index in [0.29, 0.717) is 11.3 Å². The van der Waals surface area contributed by atoms with Gasteiger partial charge in [0.05, 0.1) is 18.5 Å². The summed E-state index contributed by atoms with van der Waals surface area (Å²) >= 11 is 0. The largest absolute Gasteiger partial charge is 0.394 e. The highest BCUT2D eigenvalue weighted by molar-refractivity contribution is 5.98. The third-order valence-corrected chi connectivity index (χ3v) is 3.43. The number of imidazole rings is 1. The highest BCUT2D eigenvalue weighted by atomic mass is 16.4. The Kier molecular flexibility index (Phi) is 6.31. The van der Waals surface area contributed by atoms with E-state index in [9.17, 15) is 20.1 Å². The molecule has 3 atom stereocenters. The molecule has 2 heterocycles. The van der Waals surface area contributed by atoms with Crippen LogP contribution in [0.15, 0.2) is 35.8 Å². The van der Waals surface area contributed by atoms with Crippen LogP contribution in [0.1, 0.15) is 34.9 Å². The summed E-state index contributed by atoms with van der Waals surface area (Å²) in [6.07, 6.45) is -0.312. The number of aromatic nitrogens is 3. The smallest absolute Gasteiger partial charge is 0.271 e. The molecule has 0 aliphatic rings. The van der Waals surface area contributed by atoms with E-state index < -0.39 is 30.8 Å². The Morgan fingerprint density at radius 3 is 2.64 bits per heavy atom. The lowest BCUT2D eigenvalue weighted by Gasteiger charge is -2.20. The molecule has 0 radical (unpaired) electrons. The van der Waals surface area contributed by atoms with Gasteiger partial charge in [-0.05, 0) is 19.1 Å². The van der Waals surface area contributed by atoms with Gasteiger partial charge in [-0.1, -0.05) is 0 Å². The molecule has 0 unspecified atom stereocenters. The van der Waals surface area contributed by atoms with Gasteiger partial charge in [0, 0.05) is 18.0 Å². The lowest BCUT2D eigenvalue weighted by Crippen LogP contribution is -2.34. The molecule has 134 valence electrons. The van der Waals surface area contributed by atoms with Gasteiger partial charge < -0.3 is 25.4 Å². The minimum Gasteiger partial charge on any atom is -0.394 e. The zero-order chi connectivity index (χ0) is 18.4. The Morgan fingerprint density at radius 1 is 1.32 bits per heavy atom. The predicted octanol–water partition coefficient (Wildman–Crippen LogP) is -1.29. The van der Waals surface area contributed by atoms with E-state index in [0.717, 1.165) is 0 Å². The highest BCUT2D eigenvalue weighted by Gasteiger charge is 2.27. The predicted molar refractivity (Wildman–Crippen MR) is 86.6 cm³/mol. The first-order valence-electron chi connectivity index (χ1n) is 7.39. The highest BCUT2D eigenvalue weighted by Crippen LogP contribution is 2.17. The van der Waals surface area contributed by atoms with Crippen molar-refractivity contribution in [1.29, 1.82) is 0 Å². The number of pyridine rings is 1. The van der Waals surface area contributed by atoms with Crippen molar-refractivity contribution in [3.63, 3.8) is 0 Å². The Morgan fingerprint density at radius 2 is 2.00 bits per heavy atom. The molecule has 2 aromatic rings. The lowest BCUT2D eigenvalue weighted by molar-refractivity contribution is -0.0788. The number of amides is 1. The second-order valence-electron chi connectivity index (χ2n) is 5.25. The summed E-state index contributed by atoms with van der Waals surface area (Å²) in [7, 11) is 0. The van der Waals surface area contributed by atoms with E-state index in [-0.39, 0.29) is 11.5 Å². The molecule has 0 bridgehead atoms. The van der Waals surface area contributed by atoms with Crippen molar-refractivity contribution in [3.05, 3.63) is 47.8 Å². The number of hydrazone groups is 1. The van der Waals surface area contributed by atoms with Crippen LogP contribution in [0, 0.1) is 0 Å². The van der Waals surface area contributed by atoms with Crippen LogP contribution in [0.4, 0.5) is 0 Å². The Balaban J connectivity index is 2.04. The molecule has 0 saturated heterocycles. The Labute approximate surface area is 142 Å². The van der Waals surface area contributed by atoms with E-state index in [4.69, 9.17) is 5.11 Å². The topological polar surface area (TPSA) is 164 Å². The quantitative estimate of drug-likeness (QED) is 0.267. The van der Waals surface area contributed by atoms with E-state index in [1.807, 2.05) is 0 Å². The number of hydrogen-bond acceptors (Lipinski definition) is 8. The van der Waals surface area contributed by atoms with Crippen LogP contribution < -0.4 is 5.43 Å². The molecule has 10 nitrogen and oxygen atoms in total. The number of rotatable bonds is 7. The van der Waals surface area contributed by atoms with Crippen LogP contribution in [0.25, 0.3) is 0 Å². The first kappa shape index (κ1) is 18.7. The number of nitrogens with one attached hydrogen (secondary N) is 2. The van der Waals surface area contributed by atoms with Gasteiger partial charge in [0.15, 0.2) is 5.82 Å². The maximum Gasteiger partial charge on any atom is 0.271 e. The zero-order valence-electron chi connectivity index (χ0n) is 13.4. The lowest BCUT2D eigenvalue weighted by atomic mass is 10.1. The third kappa shape index (κ3) is 4.67. The number of carbonyl (C=O) groups excluding carboxylic acids is 1. The normalized spacial score (nSPS) is 15.5. The first-order valence-corrected chi connectivity index (χ1v) is 7.39. The summed E-state index contributed by atoms with van der Waals surface area (Å²) in [6.45, 7) is 0.890. The molecule has 25 heavy (non-hydrogen) atoms. The molecule has 2 rings (SSSR count).